The van der Waals surface area contributed by atoms with Crippen molar-refractivity contribution in [1.29, 1.82) is 0 Å². The lowest BCUT2D eigenvalue weighted by atomic mass is 10.1. The lowest BCUT2D eigenvalue weighted by molar-refractivity contribution is 0.0698. The van der Waals surface area contributed by atoms with Crippen molar-refractivity contribution in [3.63, 3.8) is 0 Å². The summed E-state index contributed by atoms with van der Waals surface area (Å²) in [6, 6.07) is 3.08. The molecule has 1 aromatic carbocycles. The SMILES string of the molecule is C=C(OC)C1=CC(C(=C)NCc2ccc(F)c(F)c2)Nc2c(C(=O)O)cnn21. The molecule has 1 aromatic heterocycles. The predicted molar refractivity (Wildman–Crippen MR) is 99.4 cm³/mol. The molecule has 1 atom stereocenters. The Labute approximate surface area is 159 Å². The van der Waals surface area contributed by atoms with Crippen molar-refractivity contribution in [2.75, 3.05) is 12.4 Å². The minimum atomic E-state index is -1.14. The number of nitrogens with one attached hydrogen (secondary N) is 2. The Balaban J connectivity index is 1.83. The molecule has 0 aliphatic carbocycles. The highest BCUT2D eigenvalue weighted by atomic mass is 19.2. The summed E-state index contributed by atoms with van der Waals surface area (Å²) in [7, 11) is 1.44. The number of methoxy groups -OCH3 is 1. The van der Waals surface area contributed by atoms with Crippen LogP contribution in [0.3, 0.4) is 0 Å². The van der Waals surface area contributed by atoms with Gasteiger partial charge in [0.05, 0.1) is 19.3 Å². The third-order valence-corrected chi connectivity index (χ3v) is 4.26. The second-order valence-corrected chi connectivity index (χ2v) is 6.05. The van der Waals surface area contributed by atoms with Crippen LogP contribution in [-0.4, -0.2) is 34.0 Å². The summed E-state index contributed by atoms with van der Waals surface area (Å²) >= 11 is 0. The molecule has 9 heteroatoms. The summed E-state index contributed by atoms with van der Waals surface area (Å²) in [6.45, 7) is 7.95. The van der Waals surface area contributed by atoms with Crippen molar-refractivity contribution in [2.24, 2.45) is 0 Å². The van der Waals surface area contributed by atoms with Gasteiger partial charge in [0.1, 0.15) is 22.8 Å². The maximum absolute atomic E-state index is 13.4. The standard InChI is InChI=1S/C19H18F2N4O3/c1-10(22-8-12-4-5-14(20)15(21)6-12)16-7-17(11(2)28-3)25-18(24-16)13(9-23-25)19(26)27/h4-7,9,16,22,24H,1-2,8H2,3H3,(H,26,27). The van der Waals surface area contributed by atoms with Crippen LogP contribution in [0.2, 0.25) is 0 Å². The Hall–Kier alpha value is -3.62. The molecule has 7 nitrogen and oxygen atoms in total. The molecule has 0 spiro atoms. The molecule has 0 amide bonds. The van der Waals surface area contributed by atoms with E-state index >= 15 is 0 Å². The number of carboxylic acid groups (broad SMARTS) is 1. The first-order chi connectivity index (χ1) is 13.3. The fourth-order valence-electron chi connectivity index (χ4n) is 2.72. The van der Waals surface area contributed by atoms with E-state index in [-0.39, 0.29) is 17.9 Å². The summed E-state index contributed by atoms with van der Waals surface area (Å²) in [4.78, 5) is 11.5. The van der Waals surface area contributed by atoms with Gasteiger partial charge >= 0.3 is 5.97 Å². The van der Waals surface area contributed by atoms with Crippen molar-refractivity contribution < 1.29 is 23.4 Å². The van der Waals surface area contributed by atoms with E-state index < -0.39 is 23.6 Å². The second kappa shape index (κ2) is 7.55. The van der Waals surface area contributed by atoms with Crippen molar-refractivity contribution in [2.45, 2.75) is 12.6 Å². The summed E-state index contributed by atoms with van der Waals surface area (Å²) in [5.41, 5.74) is 1.45. The van der Waals surface area contributed by atoms with Gasteiger partial charge in [0.15, 0.2) is 11.6 Å². The molecule has 0 saturated carbocycles. The first kappa shape index (κ1) is 19.2. The average Bonchev–Trinajstić information content (AvgIpc) is 3.11. The predicted octanol–water partition coefficient (Wildman–Crippen LogP) is 2.96. The van der Waals surface area contributed by atoms with Gasteiger partial charge in [-0.2, -0.15) is 5.10 Å². The zero-order valence-corrected chi connectivity index (χ0v) is 15.0. The molecule has 1 unspecified atom stereocenters. The lowest BCUT2D eigenvalue weighted by Gasteiger charge is -2.27. The van der Waals surface area contributed by atoms with E-state index in [4.69, 9.17) is 4.74 Å². The van der Waals surface area contributed by atoms with E-state index in [1.165, 1.54) is 24.1 Å². The van der Waals surface area contributed by atoms with Gasteiger partial charge in [-0.3, -0.25) is 0 Å². The van der Waals surface area contributed by atoms with Crippen LogP contribution in [0.25, 0.3) is 5.70 Å². The Morgan fingerprint density at radius 3 is 2.79 bits per heavy atom. The first-order valence-corrected chi connectivity index (χ1v) is 8.21. The van der Waals surface area contributed by atoms with Gasteiger partial charge in [0, 0.05) is 12.2 Å². The van der Waals surface area contributed by atoms with Crippen molar-refractivity contribution in [3.05, 3.63) is 77.8 Å². The smallest absolute Gasteiger partial charge is 0.341 e. The van der Waals surface area contributed by atoms with E-state index in [9.17, 15) is 18.7 Å². The number of hydrogen-bond acceptors (Lipinski definition) is 5. The molecule has 3 N–H and O–H groups in total. The number of benzene rings is 1. The molecule has 2 heterocycles. The number of ether oxygens (including phenoxy) is 1. The van der Waals surface area contributed by atoms with E-state index in [0.29, 0.717) is 22.7 Å². The number of anilines is 1. The molecule has 0 saturated heterocycles. The Morgan fingerprint density at radius 1 is 1.39 bits per heavy atom. The van der Waals surface area contributed by atoms with Gasteiger partial charge in [0.2, 0.25) is 0 Å². The normalized spacial score (nSPS) is 15.1. The summed E-state index contributed by atoms with van der Waals surface area (Å²) < 4.78 is 33.0. The number of aromatic carboxylic acids is 1. The van der Waals surface area contributed by atoms with Crippen LogP contribution in [0.4, 0.5) is 14.6 Å². The number of hydrogen-bond donors (Lipinski definition) is 3. The fourth-order valence-corrected chi connectivity index (χ4v) is 2.72. The van der Waals surface area contributed by atoms with Crippen LogP contribution in [0.5, 0.6) is 0 Å². The highest BCUT2D eigenvalue weighted by Crippen LogP contribution is 2.30. The van der Waals surface area contributed by atoms with Gasteiger partial charge < -0.3 is 20.5 Å². The van der Waals surface area contributed by atoms with Crippen molar-refractivity contribution in [1.82, 2.24) is 15.1 Å². The Morgan fingerprint density at radius 2 is 2.14 bits per heavy atom. The maximum atomic E-state index is 13.4. The number of rotatable bonds is 7. The topological polar surface area (TPSA) is 88.4 Å². The lowest BCUT2D eigenvalue weighted by Crippen LogP contribution is -2.33. The quantitative estimate of drug-likeness (QED) is 0.632. The minimum Gasteiger partial charge on any atom is -0.495 e. The fraction of sp³-hybridized carbons (Fsp3) is 0.158. The molecule has 1 aliphatic heterocycles. The zero-order chi connectivity index (χ0) is 20.4. The monoisotopic (exact) mass is 388 g/mol. The van der Waals surface area contributed by atoms with E-state index in [1.54, 1.807) is 6.08 Å². The van der Waals surface area contributed by atoms with Gasteiger partial charge in [0.25, 0.3) is 0 Å². The minimum absolute atomic E-state index is 0.0205. The Bertz CT molecular complexity index is 997. The summed E-state index contributed by atoms with van der Waals surface area (Å²) in [6.07, 6.45) is 2.94. The van der Waals surface area contributed by atoms with E-state index in [2.05, 4.69) is 28.9 Å². The van der Waals surface area contributed by atoms with Crippen molar-refractivity contribution >= 4 is 17.5 Å². The number of carbonyl (C=O) groups is 1. The highest BCUT2D eigenvalue weighted by Gasteiger charge is 2.28. The number of allylic oxidation sites excluding steroid dienone is 1. The maximum Gasteiger partial charge on any atom is 0.341 e. The summed E-state index contributed by atoms with van der Waals surface area (Å²) in [5.74, 6) is -2.45. The summed E-state index contributed by atoms with van der Waals surface area (Å²) in [5, 5.41) is 19.5. The third-order valence-electron chi connectivity index (χ3n) is 4.26. The largest absolute Gasteiger partial charge is 0.495 e. The number of nitrogens with zero attached hydrogens (tertiary/aromatic N) is 2. The van der Waals surface area contributed by atoms with Gasteiger partial charge in [-0.15, -0.1) is 0 Å². The van der Waals surface area contributed by atoms with Crippen molar-refractivity contribution in [3.8, 4) is 0 Å². The van der Waals surface area contributed by atoms with Gasteiger partial charge in [-0.1, -0.05) is 19.2 Å². The van der Waals surface area contributed by atoms with Crippen LogP contribution in [0.15, 0.2) is 55.1 Å². The number of fused-ring (bicyclic) bond motifs is 1. The second-order valence-electron chi connectivity index (χ2n) is 6.05. The molecule has 28 heavy (non-hydrogen) atoms. The van der Waals surface area contributed by atoms with Crippen LogP contribution >= 0.6 is 0 Å². The number of halogens is 2. The van der Waals surface area contributed by atoms with Crippen LogP contribution in [-0.2, 0) is 11.3 Å². The Kier molecular flexibility index (Phi) is 5.16. The molecule has 0 bridgehead atoms. The molecule has 0 radical (unpaired) electrons. The number of aromatic nitrogens is 2. The average molecular weight is 388 g/mol. The number of carboxylic acids is 1. The molecular weight excluding hydrogens is 370 g/mol. The van der Waals surface area contributed by atoms with Gasteiger partial charge in [-0.25, -0.2) is 18.3 Å². The molecule has 0 fully saturated rings. The van der Waals surface area contributed by atoms with Crippen LogP contribution in [0, 0.1) is 11.6 Å². The molecule has 3 rings (SSSR count). The van der Waals surface area contributed by atoms with Crippen LogP contribution < -0.4 is 10.6 Å². The first-order valence-electron chi connectivity index (χ1n) is 8.21. The van der Waals surface area contributed by atoms with Crippen LogP contribution in [0.1, 0.15) is 15.9 Å². The molecule has 1 aliphatic rings. The van der Waals surface area contributed by atoms with Gasteiger partial charge in [-0.05, 0) is 23.8 Å². The van der Waals surface area contributed by atoms with E-state index in [0.717, 1.165) is 12.1 Å². The molecular formula is C19H18F2N4O3. The van der Waals surface area contributed by atoms with E-state index in [1.807, 2.05) is 0 Å². The molecule has 146 valence electrons. The zero-order valence-electron chi connectivity index (χ0n) is 15.0. The third kappa shape index (κ3) is 3.59. The molecule has 2 aromatic rings. The highest BCUT2D eigenvalue weighted by molar-refractivity contribution is 5.94.